The van der Waals surface area contributed by atoms with Crippen molar-refractivity contribution in [2.45, 2.75) is 63.6 Å². The molecule has 20 heteroatoms. The summed E-state index contributed by atoms with van der Waals surface area (Å²) in [6.45, 7) is 1.60. The molecule has 40 heavy (non-hydrogen) atoms. The Balaban J connectivity index is 1.38. The minimum atomic E-state index is -4.82. The van der Waals surface area contributed by atoms with E-state index in [1.807, 2.05) is 0 Å². The number of hydrogen-bond donors (Lipinski definition) is 4. The second-order valence-electron chi connectivity index (χ2n) is 9.50. The van der Waals surface area contributed by atoms with Gasteiger partial charge in [-0.15, -0.1) is 0 Å². The van der Waals surface area contributed by atoms with Crippen molar-refractivity contribution >= 4 is 15.6 Å². The maximum absolute atomic E-state index is 12.8. The number of rotatable bonds is 2. The third-order valence-corrected chi connectivity index (χ3v) is 8.64. The first-order chi connectivity index (χ1) is 18.7. The third-order valence-electron chi connectivity index (χ3n) is 6.61. The number of H-pyrrole nitrogens is 2. The van der Waals surface area contributed by atoms with Gasteiger partial charge in [-0.1, -0.05) is 0 Å². The van der Waals surface area contributed by atoms with Crippen LogP contribution in [0.15, 0.2) is 31.6 Å². The Morgan fingerprint density at radius 2 is 1.10 bits per heavy atom. The average Bonchev–Trinajstić information content (AvgIpc) is 3.43. The molecule has 220 valence electrons. The highest BCUT2D eigenvalue weighted by molar-refractivity contribution is 7.47. The largest absolute Gasteiger partial charge is 0.472 e. The lowest BCUT2D eigenvalue weighted by molar-refractivity contribution is -0.0679. The standard InChI is InChI=1S/C20H26N4O14P2/c1-9-5-23(19(27)21-17(9)25)15-3-11-13(35-15)7-33-40(31,32)38-12-4-16(24-6-10(2)18(26)22-20(24)28)36-14(12)8-34-39(29,30)37-11/h5-6,11-16H,3-4,7-8H2,1-2H3,(H,29,30)(H,31,32)(H,21,25,27)(H,22,26,28)/t11-,12-,13+,14+,15+,16+/m0/s1. The van der Waals surface area contributed by atoms with Crippen molar-refractivity contribution in [1.82, 2.24) is 19.1 Å². The quantitative estimate of drug-likeness (QED) is 0.308. The van der Waals surface area contributed by atoms with Gasteiger partial charge < -0.3 is 19.3 Å². The number of nitrogens with zero attached hydrogens (tertiary/aromatic N) is 2. The van der Waals surface area contributed by atoms with Crippen LogP contribution in [0.4, 0.5) is 0 Å². The van der Waals surface area contributed by atoms with Crippen LogP contribution in [0.25, 0.3) is 0 Å². The topological polar surface area (TPSA) is 240 Å². The molecule has 5 rings (SSSR count). The molecular formula is C20H26N4O14P2. The van der Waals surface area contributed by atoms with Crippen molar-refractivity contribution in [3.63, 3.8) is 0 Å². The van der Waals surface area contributed by atoms with E-state index in [1.54, 1.807) is 0 Å². The van der Waals surface area contributed by atoms with E-state index in [2.05, 4.69) is 9.97 Å². The minimum absolute atomic E-state index is 0.191. The van der Waals surface area contributed by atoms with E-state index in [4.69, 9.17) is 27.6 Å². The summed E-state index contributed by atoms with van der Waals surface area (Å²) in [5, 5.41) is 0. The summed E-state index contributed by atoms with van der Waals surface area (Å²) in [5.74, 6) is 0. The van der Waals surface area contributed by atoms with Gasteiger partial charge >= 0.3 is 27.0 Å². The molecule has 3 aliphatic heterocycles. The zero-order valence-corrected chi connectivity index (χ0v) is 22.8. The van der Waals surface area contributed by atoms with E-state index >= 15 is 0 Å². The van der Waals surface area contributed by atoms with Gasteiger partial charge in [0.15, 0.2) is 0 Å². The first-order valence-electron chi connectivity index (χ1n) is 12.0. The zero-order valence-electron chi connectivity index (χ0n) is 21.0. The van der Waals surface area contributed by atoms with Crippen LogP contribution in [-0.2, 0) is 36.7 Å². The van der Waals surface area contributed by atoms with Gasteiger partial charge in [0.25, 0.3) is 11.1 Å². The fraction of sp³-hybridized carbons (Fsp3) is 0.600. The Morgan fingerprint density at radius 1 is 0.725 bits per heavy atom. The van der Waals surface area contributed by atoms with Crippen LogP contribution in [0.5, 0.6) is 0 Å². The second-order valence-corrected chi connectivity index (χ2v) is 12.3. The van der Waals surface area contributed by atoms with Gasteiger partial charge in [0, 0.05) is 36.4 Å². The average molecular weight is 608 g/mol. The molecule has 2 aromatic rings. The van der Waals surface area contributed by atoms with Crippen molar-refractivity contribution < 1.29 is 46.5 Å². The maximum atomic E-state index is 12.8. The molecule has 2 aromatic heterocycles. The van der Waals surface area contributed by atoms with E-state index in [0.29, 0.717) is 0 Å². The molecule has 0 radical (unpaired) electrons. The van der Waals surface area contributed by atoms with Crippen molar-refractivity contribution in [2.24, 2.45) is 0 Å². The maximum Gasteiger partial charge on any atom is 0.472 e. The smallest absolute Gasteiger partial charge is 0.349 e. The number of phosphoric acid groups is 2. The lowest BCUT2D eigenvalue weighted by Crippen LogP contribution is -2.34. The van der Waals surface area contributed by atoms with Crippen LogP contribution < -0.4 is 22.5 Å². The molecule has 0 aromatic carbocycles. The predicted octanol–water partition coefficient (Wildman–Crippen LogP) is -0.703. The normalized spacial score (nSPS) is 36.8. The summed E-state index contributed by atoms with van der Waals surface area (Å²) in [6.07, 6.45) is -5.07. The summed E-state index contributed by atoms with van der Waals surface area (Å²) in [5.41, 5.74) is -2.44. The monoisotopic (exact) mass is 608 g/mol. The third kappa shape index (κ3) is 6.06. The molecule has 5 heterocycles. The molecule has 0 spiro atoms. The number of phosphoric ester groups is 2. The molecule has 3 saturated heterocycles. The van der Waals surface area contributed by atoms with Gasteiger partial charge in [0.2, 0.25) is 0 Å². The number of aromatic amines is 2. The Kier molecular flexibility index (Phi) is 7.78. The highest BCUT2D eigenvalue weighted by Gasteiger charge is 2.47. The Morgan fingerprint density at radius 3 is 1.48 bits per heavy atom. The highest BCUT2D eigenvalue weighted by atomic mass is 31.2. The van der Waals surface area contributed by atoms with E-state index in [9.17, 15) is 38.1 Å². The fourth-order valence-electron chi connectivity index (χ4n) is 4.60. The van der Waals surface area contributed by atoms with Crippen LogP contribution in [-0.4, -0.2) is 66.5 Å². The van der Waals surface area contributed by atoms with Gasteiger partial charge in [0.1, 0.15) is 36.9 Å². The Labute approximate surface area is 223 Å². The highest BCUT2D eigenvalue weighted by Crippen LogP contribution is 2.53. The zero-order chi connectivity index (χ0) is 29.0. The predicted molar refractivity (Wildman–Crippen MR) is 130 cm³/mol. The van der Waals surface area contributed by atoms with E-state index in [-0.39, 0.29) is 24.0 Å². The molecular weight excluding hydrogens is 582 g/mol. The van der Waals surface area contributed by atoms with Crippen molar-refractivity contribution in [3.05, 3.63) is 65.2 Å². The number of fused-ring (bicyclic) bond motifs is 2. The summed E-state index contributed by atoms with van der Waals surface area (Å²) < 4.78 is 60.0. The second kappa shape index (κ2) is 10.7. The number of hydrogen-bond acceptors (Lipinski definition) is 12. The lowest BCUT2D eigenvalue weighted by atomic mass is 10.2. The number of aryl methyl sites for hydroxylation is 2. The summed E-state index contributed by atoms with van der Waals surface area (Å²) >= 11 is 0. The van der Waals surface area contributed by atoms with Gasteiger partial charge in [0.05, 0.1) is 13.2 Å². The van der Waals surface area contributed by atoms with Gasteiger partial charge in [-0.2, -0.15) is 0 Å². The molecule has 0 amide bonds. The Hall–Kier alpha value is -2.50. The molecule has 3 aliphatic rings. The van der Waals surface area contributed by atoms with Crippen molar-refractivity contribution in [1.29, 1.82) is 0 Å². The number of nitrogens with one attached hydrogen (secondary N) is 2. The number of aromatic nitrogens is 4. The molecule has 18 nitrogen and oxygen atoms in total. The van der Waals surface area contributed by atoms with E-state index in [1.165, 1.54) is 26.2 Å². The summed E-state index contributed by atoms with van der Waals surface area (Å²) in [4.78, 5) is 73.1. The fourth-order valence-corrected chi connectivity index (χ4v) is 6.52. The van der Waals surface area contributed by atoms with Crippen LogP contribution >= 0.6 is 15.6 Å². The van der Waals surface area contributed by atoms with Gasteiger partial charge in [-0.25, -0.2) is 18.7 Å². The van der Waals surface area contributed by atoms with Gasteiger partial charge in [-0.3, -0.25) is 46.8 Å². The summed E-state index contributed by atoms with van der Waals surface area (Å²) in [6, 6.07) is 0. The molecule has 0 aliphatic carbocycles. The van der Waals surface area contributed by atoms with Crippen LogP contribution in [0, 0.1) is 13.8 Å². The molecule has 3 fully saturated rings. The first kappa shape index (κ1) is 29.0. The first-order valence-corrected chi connectivity index (χ1v) is 15.0. The molecule has 8 atom stereocenters. The molecule has 4 N–H and O–H groups in total. The molecule has 0 saturated carbocycles. The van der Waals surface area contributed by atoms with Crippen molar-refractivity contribution in [3.8, 4) is 0 Å². The SMILES string of the molecule is Cc1cn([C@H]2C[C@@H]3OP(=O)(O)OC[C@H]4O[C@@H](n5cc(C)c(=O)[nH]c5=O)C[C@@H]4OP(=O)(O)OC[C@H]3O2)c(=O)[nH]c1=O. The molecule has 0 bridgehead atoms. The Bertz CT molecular complexity index is 1510. The molecule has 2 unspecified atom stereocenters. The van der Waals surface area contributed by atoms with Gasteiger partial charge in [-0.05, 0) is 13.8 Å². The lowest BCUT2D eigenvalue weighted by Gasteiger charge is -2.26. The van der Waals surface area contributed by atoms with Crippen LogP contribution in [0.2, 0.25) is 0 Å². The summed E-state index contributed by atoms with van der Waals surface area (Å²) in [7, 11) is -9.63. The van der Waals surface area contributed by atoms with Crippen LogP contribution in [0.1, 0.15) is 36.4 Å². The van der Waals surface area contributed by atoms with Crippen molar-refractivity contribution in [2.75, 3.05) is 13.2 Å². The van der Waals surface area contributed by atoms with E-state index in [0.717, 1.165) is 9.13 Å². The number of ether oxygens (including phenoxy) is 2. The van der Waals surface area contributed by atoms with Crippen LogP contribution in [0.3, 0.4) is 0 Å². The minimum Gasteiger partial charge on any atom is -0.349 e. The van der Waals surface area contributed by atoms with E-state index < -0.39 is 88.2 Å².